The highest BCUT2D eigenvalue weighted by molar-refractivity contribution is 7.91. The lowest BCUT2D eigenvalue weighted by Crippen LogP contribution is -2.07. The van der Waals surface area contributed by atoms with Gasteiger partial charge in [0.15, 0.2) is 9.84 Å². The molecule has 0 saturated heterocycles. The van der Waals surface area contributed by atoms with E-state index >= 15 is 0 Å². The summed E-state index contributed by atoms with van der Waals surface area (Å²) in [5, 5.41) is 0.660. The molecule has 2 nitrogen and oxygen atoms in total. The highest BCUT2D eigenvalue weighted by atomic mass is 35.5. The molecule has 1 aromatic carbocycles. The van der Waals surface area contributed by atoms with Crippen LogP contribution in [0.15, 0.2) is 23.1 Å². The van der Waals surface area contributed by atoms with Gasteiger partial charge in [-0.05, 0) is 24.6 Å². The zero-order valence-corrected chi connectivity index (χ0v) is 14.9. The molecule has 0 amide bonds. The zero-order chi connectivity index (χ0) is 15.7. The van der Waals surface area contributed by atoms with Gasteiger partial charge in [0.2, 0.25) is 0 Å². The van der Waals surface area contributed by atoms with Crippen LogP contribution in [0.1, 0.15) is 58.3 Å². The van der Waals surface area contributed by atoms with Gasteiger partial charge in [0.1, 0.15) is 0 Å². The fourth-order valence-electron chi connectivity index (χ4n) is 2.26. The summed E-state index contributed by atoms with van der Waals surface area (Å²) in [4.78, 5) is 0.191. The lowest BCUT2D eigenvalue weighted by Gasteiger charge is -2.07. The molecule has 21 heavy (non-hydrogen) atoms. The summed E-state index contributed by atoms with van der Waals surface area (Å²) >= 11 is 11.7. The topological polar surface area (TPSA) is 34.1 Å². The average molecular weight is 351 g/mol. The Morgan fingerprint density at radius 3 is 2.05 bits per heavy atom. The minimum atomic E-state index is -3.30. The Kier molecular flexibility index (Phi) is 8.69. The van der Waals surface area contributed by atoms with Crippen LogP contribution in [-0.4, -0.2) is 14.2 Å². The van der Waals surface area contributed by atoms with E-state index in [9.17, 15) is 8.42 Å². The first-order valence-corrected chi connectivity index (χ1v) is 10.1. The van der Waals surface area contributed by atoms with Gasteiger partial charge in [-0.3, -0.25) is 0 Å². The average Bonchev–Trinajstić information content (AvgIpc) is 2.41. The van der Waals surface area contributed by atoms with Crippen molar-refractivity contribution < 1.29 is 8.42 Å². The van der Waals surface area contributed by atoms with E-state index < -0.39 is 9.84 Å². The smallest absolute Gasteiger partial charge is 0.179 e. The number of halogens is 2. The second-order valence-electron chi connectivity index (χ2n) is 5.37. The summed E-state index contributed by atoms with van der Waals surface area (Å²) in [7, 11) is -3.30. The molecule has 0 saturated carbocycles. The third-order valence-electron chi connectivity index (χ3n) is 3.50. The summed E-state index contributed by atoms with van der Waals surface area (Å²) in [6.45, 7) is 2.20. The Labute approximate surface area is 138 Å². The first kappa shape index (κ1) is 18.8. The number of sulfone groups is 1. The van der Waals surface area contributed by atoms with Gasteiger partial charge in [-0.25, -0.2) is 8.42 Å². The molecule has 0 unspecified atom stereocenters. The van der Waals surface area contributed by atoms with E-state index in [4.69, 9.17) is 23.2 Å². The molecule has 1 rings (SSSR count). The number of hydrogen-bond acceptors (Lipinski definition) is 2. The quantitative estimate of drug-likeness (QED) is 0.491. The molecule has 0 heterocycles. The third kappa shape index (κ3) is 7.03. The lowest BCUT2D eigenvalue weighted by molar-refractivity contribution is 0.572. The van der Waals surface area contributed by atoms with Gasteiger partial charge in [-0.2, -0.15) is 0 Å². The van der Waals surface area contributed by atoms with Crippen LogP contribution in [-0.2, 0) is 9.84 Å². The van der Waals surface area contributed by atoms with Crippen molar-refractivity contribution in [1.82, 2.24) is 0 Å². The predicted octanol–water partition coefficient (Wildman–Crippen LogP) is 5.91. The second-order valence-corrected chi connectivity index (χ2v) is 8.29. The highest BCUT2D eigenvalue weighted by Crippen LogP contribution is 2.26. The third-order valence-corrected chi connectivity index (χ3v) is 6.01. The first-order chi connectivity index (χ1) is 9.97. The van der Waals surface area contributed by atoms with Crippen LogP contribution < -0.4 is 0 Å². The molecule has 120 valence electrons. The van der Waals surface area contributed by atoms with Crippen LogP contribution >= 0.6 is 23.2 Å². The Hall–Kier alpha value is -0.250. The SMILES string of the molecule is CCCCCCCCCCS(=O)(=O)c1ccc(Cl)cc1Cl. The van der Waals surface area contributed by atoms with E-state index in [1.54, 1.807) is 6.07 Å². The van der Waals surface area contributed by atoms with Crippen molar-refractivity contribution >= 4 is 33.0 Å². The summed E-state index contributed by atoms with van der Waals surface area (Å²) in [6.07, 6.45) is 9.03. The summed E-state index contributed by atoms with van der Waals surface area (Å²) in [5.74, 6) is 0.156. The number of unbranched alkanes of at least 4 members (excludes halogenated alkanes) is 7. The molecule has 0 aromatic heterocycles. The van der Waals surface area contributed by atoms with Crippen molar-refractivity contribution in [2.75, 3.05) is 5.75 Å². The van der Waals surface area contributed by atoms with Crippen LogP contribution in [0.5, 0.6) is 0 Å². The van der Waals surface area contributed by atoms with Crippen molar-refractivity contribution in [2.24, 2.45) is 0 Å². The second kappa shape index (κ2) is 9.70. The molecule has 0 radical (unpaired) electrons. The Balaban J connectivity index is 2.33. The molecular formula is C16H24Cl2O2S. The molecule has 5 heteroatoms. The molecule has 0 fully saturated rings. The van der Waals surface area contributed by atoms with Gasteiger partial charge in [0.05, 0.1) is 15.7 Å². The Morgan fingerprint density at radius 1 is 0.905 bits per heavy atom. The van der Waals surface area contributed by atoms with E-state index in [1.807, 2.05) is 0 Å². The highest BCUT2D eigenvalue weighted by Gasteiger charge is 2.17. The normalized spacial score (nSPS) is 11.8. The predicted molar refractivity (Wildman–Crippen MR) is 91.1 cm³/mol. The molecule has 1 aromatic rings. The van der Waals surface area contributed by atoms with Gasteiger partial charge in [0, 0.05) is 5.02 Å². The van der Waals surface area contributed by atoms with Crippen molar-refractivity contribution in [3.63, 3.8) is 0 Å². The number of rotatable bonds is 10. The molecule has 0 N–H and O–H groups in total. The lowest BCUT2D eigenvalue weighted by atomic mass is 10.1. The van der Waals surface area contributed by atoms with E-state index in [-0.39, 0.29) is 15.7 Å². The van der Waals surface area contributed by atoms with E-state index in [1.165, 1.54) is 44.2 Å². The first-order valence-electron chi connectivity index (χ1n) is 7.65. The Bertz CT molecular complexity index is 527. The van der Waals surface area contributed by atoms with Gasteiger partial charge < -0.3 is 0 Å². The summed E-state index contributed by atoms with van der Waals surface area (Å²) in [6, 6.07) is 4.53. The molecule has 0 atom stereocenters. The molecule has 0 bridgehead atoms. The standard InChI is InChI=1S/C16H24Cl2O2S/c1-2-3-4-5-6-7-8-9-12-21(19,20)16-11-10-14(17)13-15(16)18/h10-11,13H,2-9,12H2,1H3. The van der Waals surface area contributed by atoms with Crippen LogP contribution in [0.4, 0.5) is 0 Å². The van der Waals surface area contributed by atoms with E-state index in [0.717, 1.165) is 12.8 Å². The molecule has 0 aliphatic carbocycles. The monoisotopic (exact) mass is 350 g/mol. The number of hydrogen-bond donors (Lipinski definition) is 0. The molecule has 0 spiro atoms. The van der Waals surface area contributed by atoms with Crippen molar-refractivity contribution in [2.45, 2.75) is 63.2 Å². The van der Waals surface area contributed by atoms with Crippen molar-refractivity contribution in [1.29, 1.82) is 0 Å². The van der Waals surface area contributed by atoms with E-state index in [0.29, 0.717) is 11.4 Å². The van der Waals surface area contributed by atoms with Crippen molar-refractivity contribution in [3.05, 3.63) is 28.2 Å². The van der Waals surface area contributed by atoms with Crippen LogP contribution in [0.2, 0.25) is 10.0 Å². The molecule has 0 aliphatic rings. The summed E-state index contributed by atoms with van der Waals surface area (Å²) in [5.41, 5.74) is 0. The maximum atomic E-state index is 12.2. The largest absolute Gasteiger partial charge is 0.224 e. The van der Waals surface area contributed by atoms with Crippen molar-refractivity contribution in [3.8, 4) is 0 Å². The van der Waals surface area contributed by atoms with Gasteiger partial charge in [-0.15, -0.1) is 0 Å². The van der Waals surface area contributed by atoms with Crippen LogP contribution in [0.3, 0.4) is 0 Å². The number of benzene rings is 1. The van der Waals surface area contributed by atoms with Gasteiger partial charge in [-0.1, -0.05) is 75.1 Å². The molecule has 0 aliphatic heterocycles. The minimum Gasteiger partial charge on any atom is -0.224 e. The van der Waals surface area contributed by atoms with Crippen LogP contribution in [0.25, 0.3) is 0 Å². The van der Waals surface area contributed by atoms with Crippen LogP contribution in [0, 0.1) is 0 Å². The summed E-state index contributed by atoms with van der Waals surface area (Å²) < 4.78 is 24.4. The maximum absolute atomic E-state index is 12.2. The Morgan fingerprint density at radius 2 is 1.48 bits per heavy atom. The fourth-order valence-corrected chi connectivity index (χ4v) is 4.46. The van der Waals surface area contributed by atoms with Gasteiger partial charge >= 0.3 is 0 Å². The molecular weight excluding hydrogens is 327 g/mol. The van der Waals surface area contributed by atoms with Gasteiger partial charge in [0.25, 0.3) is 0 Å². The fraction of sp³-hybridized carbons (Fsp3) is 0.625. The minimum absolute atomic E-state index is 0.156. The zero-order valence-electron chi connectivity index (χ0n) is 12.6. The maximum Gasteiger partial charge on any atom is 0.179 e. The van der Waals surface area contributed by atoms with E-state index in [2.05, 4.69) is 6.92 Å².